The molecule has 6 heteroatoms. The van der Waals surface area contributed by atoms with E-state index in [9.17, 15) is 9.59 Å². The van der Waals surface area contributed by atoms with E-state index in [1.165, 1.54) is 0 Å². The van der Waals surface area contributed by atoms with Crippen LogP contribution in [0.2, 0.25) is 0 Å². The minimum atomic E-state index is -0.222. The molecule has 3 heterocycles. The summed E-state index contributed by atoms with van der Waals surface area (Å²) in [6.07, 6.45) is 2.19. The Balaban J connectivity index is 1.37. The Hall–Kier alpha value is -3.80. The maximum atomic E-state index is 13.2. The predicted molar refractivity (Wildman–Crippen MR) is 118 cm³/mol. The first kappa shape index (κ1) is 19.2. The number of nitrogens with one attached hydrogen (secondary N) is 2. The maximum absolute atomic E-state index is 13.2. The molecule has 2 aromatic heterocycles. The lowest BCUT2D eigenvalue weighted by Crippen LogP contribution is -2.33. The van der Waals surface area contributed by atoms with Gasteiger partial charge in [0.2, 0.25) is 5.91 Å². The highest BCUT2D eigenvalue weighted by atomic mass is 16.3. The Bertz CT molecular complexity index is 1270. The van der Waals surface area contributed by atoms with Crippen LogP contribution < -0.4 is 5.32 Å². The van der Waals surface area contributed by atoms with Crippen LogP contribution in [0.25, 0.3) is 10.9 Å². The smallest absolute Gasteiger partial charge is 0.255 e. The van der Waals surface area contributed by atoms with Crippen LogP contribution in [-0.2, 0) is 11.3 Å². The molecule has 1 aliphatic heterocycles. The molecule has 6 nitrogen and oxygen atoms in total. The van der Waals surface area contributed by atoms with E-state index in [2.05, 4.69) is 16.4 Å². The van der Waals surface area contributed by atoms with Crippen molar-refractivity contribution in [3.05, 3.63) is 95.1 Å². The average Bonchev–Trinajstić information content (AvgIpc) is 3.47. The van der Waals surface area contributed by atoms with E-state index in [-0.39, 0.29) is 24.3 Å². The van der Waals surface area contributed by atoms with Crippen molar-refractivity contribution in [2.75, 3.05) is 6.54 Å². The minimum Gasteiger partial charge on any atom is -0.465 e. The van der Waals surface area contributed by atoms with E-state index < -0.39 is 0 Å². The summed E-state index contributed by atoms with van der Waals surface area (Å²) in [5.41, 5.74) is 3.74. The van der Waals surface area contributed by atoms with Gasteiger partial charge in [0.15, 0.2) is 0 Å². The third-order valence-corrected chi connectivity index (χ3v) is 5.81. The fourth-order valence-electron chi connectivity index (χ4n) is 4.33. The Kier molecular flexibility index (Phi) is 4.82. The van der Waals surface area contributed by atoms with Gasteiger partial charge in [-0.2, -0.15) is 0 Å². The van der Waals surface area contributed by atoms with Crippen LogP contribution in [-0.4, -0.2) is 28.2 Å². The second kappa shape index (κ2) is 7.80. The summed E-state index contributed by atoms with van der Waals surface area (Å²) in [6, 6.07) is 19.3. The van der Waals surface area contributed by atoms with Crippen molar-refractivity contribution in [1.82, 2.24) is 15.2 Å². The second-order valence-electron chi connectivity index (χ2n) is 7.82. The minimum absolute atomic E-state index is 0.0414. The zero-order valence-electron chi connectivity index (χ0n) is 17.2. The number of carbonyl (C=O) groups is 2. The molecule has 0 saturated heterocycles. The third-order valence-electron chi connectivity index (χ3n) is 5.81. The molecule has 2 amide bonds. The highest BCUT2D eigenvalue weighted by Gasteiger charge is 2.38. The number of aromatic nitrogens is 1. The van der Waals surface area contributed by atoms with Crippen molar-refractivity contribution >= 4 is 22.7 Å². The summed E-state index contributed by atoms with van der Waals surface area (Å²) in [5.74, 6) is 1.37. The standard InChI is InChI=1S/C25H23N3O3/c1-16-10-11-17(31-16)14-27-23(29)12-13-28-24(19-7-2-3-8-20(19)25(28)30)21-15-26-22-9-5-4-6-18(21)22/h2-11,15,24,26H,12-14H2,1H3,(H,27,29)/t24-/m1/s1. The highest BCUT2D eigenvalue weighted by molar-refractivity contribution is 6.01. The van der Waals surface area contributed by atoms with Gasteiger partial charge in [0, 0.05) is 41.2 Å². The van der Waals surface area contributed by atoms with Crippen molar-refractivity contribution in [1.29, 1.82) is 0 Å². The zero-order valence-corrected chi connectivity index (χ0v) is 17.2. The summed E-state index contributed by atoms with van der Waals surface area (Å²) in [4.78, 5) is 30.8. The van der Waals surface area contributed by atoms with E-state index in [1.54, 1.807) is 4.90 Å². The Labute approximate surface area is 179 Å². The monoisotopic (exact) mass is 413 g/mol. The molecule has 156 valence electrons. The number of carbonyl (C=O) groups excluding carboxylic acids is 2. The van der Waals surface area contributed by atoms with Crippen LogP contribution in [0.5, 0.6) is 0 Å². The number of aryl methyl sites for hydroxylation is 1. The fourth-order valence-corrected chi connectivity index (χ4v) is 4.33. The van der Waals surface area contributed by atoms with E-state index >= 15 is 0 Å². The van der Waals surface area contributed by atoms with Gasteiger partial charge in [-0.3, -0.25) is 9.59 Å². The molecular formula is C25H23N3O3. The summed E-state index contributed by atoms with van der Waals surface area (Å²) >= 11 is 0. The van der Waals surface area contributed by atoms with Crippen molar-refractivity contribution in [3.63, 3.8) is 0 Å². The first-order valence-electron chi connectivity index (χ1n) is 10.4. The summed E-state index contributed by atoms with van der Waals surface area (Å²) in [5, 5.41) is 3.96. The van der Waals surface area contributed by atoms with Gasteiger partial charge in [0.05, 0.1) is 12.6 Å². The van der Waals surface area contributed by atoms with Gasteiger partial charge in [-0.25, -0.2) is 0 Å². The van der Waals surface area contributed by atoms with Crippen LogP contribution in [0.4, 0.5) is 0 Å². The van der Waals surface area contributed by atoms with Gasteiger partial charge < -0.3 is 19.6 Å². The number of hydrogen-bond donors (Lipinski definition) is 2. The maximum Gasteiger partial charge on any atom is 0.255 e. The molecule has 0 radical (unpaired) electrons. The molecule has 5 rings (SSSR count). The highest BCUT2D eigenvalue weighted by Crippen LogP contribution is 2.41. The van der Waals surface area contributed by atoms with Crippen LogP contribution in [0.1, 0.15) is 45.5 Å². The molecule has 0 spiro atoms. The molecule has 31 heavy (non-hydrogen) atoms. The lowest BCUT2D eigenvalue weighted by Gasteiger charge is -2.25. The van der Waals surface area contributed by atoms with Gasteiger partial charge in [0.25, 0.3) is 5.91 Å². The average molecular weight is 413 g/mol. The summed E-state index contributed by atoms with van der Waals surface area (Å²) in [7, 11) is 0. The fraction of sp³-hybridized carbons (Fsp3) is 0.200. The van der Waals surface area contributed by atoms with Crippen molar-refractivity contribution in [3.8, 4) is 0 Å². The largest absolute Gasteiger partial charge is 0.465 e. The lowest BCUT2D eigenvalue weighted by atomic mass is 9.97. The second-order valence-corrected chi connectivity index (χ2v) is 7.82. The Morgan fingerprint density at radius 2 is 1.87 bits per heavy atom. The SMILES string of the molecule is Cc1ccc(CNC(=O)CCN2C(=O)c3ccccc3[C@@H]2c2c[nH]c3ccccc23)o1. The molecule has 0 bridgehead atoms. The van der Waals surface area contributed by atoms with Crippen molar-refractivity contribution in [2.24, 2.45) is 0 Å². The first-order chi connectivity index (χ1) is 15.1. The van der Waals surface area contributed by atoms with Crippen LogP contribution >= 0.6 is 0 Å². The predicted octanol–water partition coefficient (Wildman–Crippen LogP) is 4.32. The van der Waals surface area contributed by atoms with Crippen molar-refractivity contribution < 1.29 is 14.0 Å². The topological polar surface area (TPSA) is 78.3 Å². The summed E-state index contributed by atoms with van der Waals surface area (Å²) in [6.45, 7) is 2.54. The Morgan fingerprint density at radius 1 is 1.06 bits per heavy atom. The Morgan fingerprint density at radius 3 is 2.71 bits per heavy atom. The van der Waals surface area contributed by atoms with Crippen LogP contribution in [0.3, 0.4) is 0 Å². The van der Waals surface area contributed by atoms with Gasteiger partial charge in [-0.1, -0.05) is 36.4 Å². The first-order valence-corrected chi connectivity index (χ1v) is 10.4. The molecule has 2 N–H and O–H groups in total. The quantitative estimate of drug-likeness (QED) is 0.494. The number of hydrogen-bond acceptors (Lipinski definition) is 3. The van der Waals surface area contributed by atoms with Crippen LogP contribution in [0, 0.1) is 6.92 Å². The van der Waals surface area contributed by atoms with Gasteiger partial charge >= 0.3 is 0 Å². The zero-order chi connectivity index (χ0) is 21.4. The molecule has 2 aromatic carbocycles. The molecule has 1 aliphatic rings. The van der Waals surface area contributed by atoms with Gasteiger partial charge in [-0.15, -0.1) is 0 Å². The number of H-pyrrole nitrogens is 1. The molecule has 1 atom stereocenters. The number of benzene rings is 2. The van der Waals surface area contributed by atoms with E-state index in [1.807, 2.05) is 67.7 Å². The number of furan rings is 1. The number of amides is 2. The normalized spacial score (nSPS) is 15.5. The number of rotatable bonds is 6. The van der Waals surface area contributed by atoms with E-state index in [0.717, 1.165) is 27.8 Å². The third kappa shape index (κ3) is 3.50. The molecular weight excluding hydrogens is 390 g/mol. The number of para-hydroxylation sites is 1. The lowest BCUT2D eigenvalue weighted by molar-refractivity contribution is -0.121. The number of fused-ring (bicyclic) bond motifs is 2. The molecule has 0 aliphatic carbocycles. The number of nitrogens with zero attached hydrogens (tertiary/aromatic N) is 1. The molecule has 0 fully saturated rings. The van der Waals surface area contributed by atoms with E-state index in [0.29, 0.717) is 24.4 Å². The van der Waals surface area contributed by atoms with E-state index in [4.69, 9.17) is 4.42 Å². The van der Waals surface area contributed by atoms with Crippen LogP contribution in [0.15, 0.2) is 71.3 Å². The van der Waals surface area contributed by atoms with Gasteiger partial charge in [-0.05, 0) is 36.8 Å². The molecule has 4 aromatic rings. The molecule has 0 unspecified atom stereocenters. The van der Waals surface area contributed by atoms with Gasteiger partial charge in [0.1, 0.15) is 11.5 Å². The van der Waals surface area contributed by atoms with Crippen molar-refractivity contribution in [2.45, 2.75) is 25.9 Å². The molecule has 0 saturated carbocycles. The summed E-state index contributed by atoms with van der Waals surface area (Å²) < 4.78 is 5.50. The number of aromatic amines is 1.